The van der Waals surface area contributed by atoms with E-state index in [2.05, 4.69) is 0 Å². The monoisotopic (exact) mass is 207 g/mol. The number of carboxylic acids is 1. The summed E-state index contributed by atoms with van der Waals surface area (Å²) in [7, 11) is 0. The molecule has 0 heterocycles. The van der Waals surface area contributed by atoms with Gasteiger partial charge in [0.2, 0.25) is 5.75 Å². The lowest BCUT2D eigenvalue weighted by Crippen LogP contribution is -2.42. The van der Waals surface area contributed by atoms with Gasteiger partial charge in [-0.3, -0.25) is 0 Å². The van der Waals surface area contributed by atoms with Crippen molar-refractivity contribution < 1.29 is 14.5 Å². The molecule has 3 N–H and O–H groups in total. The lowest BCUT2D eigenvalue weighted by atomic mass is 9.89. The van der Waals surface area contributed by atoms with Gasteiger partial charge < -0.3 is 15.4 Å². The molecule has 78 valence electrons. The van der Waals surface area contributed by atoms with Crippen molar-refractivity contribution >= 4 is 17.1 Å². The zero-order valence-electron chi connectivity index (χ0n) is 8.24. The number of carbonyl (C=O) groups is 1. The van der Waals surface area contributed by atoms with Gasteiger partial charge in [0.05, 0.1) is 6.04 Å². The predicted octanol–water partition coefficient (Wildman–Crippen LogP) is 0.193. The minimum Gasteiger partial charge on any atom is -0.616 e. The van der Waals surface area contributed by atoms with E-state index in [1.54, 1.807) is 0 Å². The van der Waals surface area contributed by atoms with Gasteiger partial charge in [0.25, 0.3) is 0 Å². The molecule has 0 aliphatic carbocycles. The summed E-state index contributed by atoms with van der Waals surface area (Å²) in [6.45, 7) is 5.82. The van der Waals surface area contributed by atoms with E-state index in [0.29, 0.717) is 0 Å². The van der Waals surface area contributed by atoms with E-state index in [-0.39, 0.29) is 23.0 Å². The first kappa shape index (κ1) is 12.7. The molecule has 0 fully saturated rings. The van der Waals surface area contributed by atoms with E-state index in [0.717, 1.165) is 0 Å². The number of aliphatic carboxylic acids is 1. The Morgan fingerprint density at radius 3 is 2.38 bits per heavy atom. The highest BCUT2D eigenvalue weighted by Crippen LogP contribution is 2.18. The summed E-state index contributed by atoms with van der Waals surface area (Å²) in [6, 6.07) is -0.229. The highest BCUT2D eigenvalue weighted by atomic mass is 32.2. The van der Waals surface area contributed by atoms with Crippen LogP contribution in [0.4, 0.5) is 0 Å². The summed E-state index contributed by atoms with van der Waals surface area (Å²) in [6.07, 6.45) is 0. The van der Waals surface area contributed by atoms with Gasteiger partial charge in [-0.05, 0) is 16.6 Å². The van der Waals surface area contributed by atoms with Crippen LogP contribution in [0.15, 0.2) is 0 Å². The van der Waals surface area contributed by atoms with Gasteiger partial charge in [-0.25, -0.2) is 4.79 Å². The lowest BCUT2D eigenvalue weighted by molar-refractivity contribution is -0.134. The molecule has 0 rings (SSSR count). The molecule has 0 aliphatic heterocycles. The highest BCUT2D eigenvalue weighted by Gasteiger charge is 2.26. The number of rotatable bonds is 4. The molecule has 0 aromatic rings. The van der Waals surface area contributed by atoms with Crippen LogP contribution >= 0.6 is 0 Å². The first-order valence-electron chi connectivity index (χ1n) is 4.06. The van der Waals surface area contributed by atoms with Crippen molar-refractivity contribution in [2.75, 3.05) is 11.5 Å². The molecule has 13 heavy (non-hydrogen) atoms. The lowest BCUT2D eigenvalue weighted by Gasteiger charge is -2.26. The van der Waals surface area contributed by atoms with Crippen LogP contribution in [0.1, 0.15) is 20.8 Å². The maximum atomic E-state index is 11.2. The number of carboxylic acid groups (broad SMARTS) is 1. The molecule has 5 heteroatoms. The van der Waals surface area contributed by atoms with E-state index < -0.39 is 17.1 Å². The van der Waals surface area contributed by atoms with Crippen LogP contribution in [0.3, 0.4) is 0 Å². The van der Waals surface area contributed by atoms with Crippen LogP contribution in [0.2, 0.25) is 0 Å². The molecule has 0 aromatic heterocycles. The molecular formula is C8H17NO3S. The van der Waals surface area contributed by atoms with Crippen molar-refractivity contribution in [2.45, 2.75) is 26.8 Å². The maximum Gasteiger partial charge on any atom is 0.353 e. The van der Waals surface area contributed by atoms with Crippen molar-refractivity contribution in [3.63, 3.8) is 0 Å². The molecule has 0 spiro atoms. The Morgan fingerprint density at radius 2 is 2.08 bits per heavy atom. The van der Waals surface area contributed by atoms with Gasteiger partial charge in [-0.2, -0.15) is 0 Å². The van der Waals surface area contributed by atoms with Gasteiger partial charge in [0.15, 0.2) is 0 Å². The van der Waals surface area contributed by atoms with Crippen molar-refractivity contribution in [3.8, 4) is 0 Å². The zero-order chi connectivity index (χ0) is 10.6. The summed E-state index contributed by atoms with van der Waals surface area (Å²) in [5.74, 6) is -1.11. The molecule has 0 saturated carbocycles. The van der Waals surface area contributed by atoms with Crippen LogP contribution < -0.4 is 5.73 Å². The third-order valence-electron chi connectivity index (χ3n) is 1.76. The van der Waals surface area contributed by atoms with Crippen LogP contribution in [-0.4, -0.2) is 33.2 Å². The Balaban J connectivity index is 3.92. The zero-order valence-corrected chi connectivity index (χ0v) is 9.06. The molecule has 2 atom stereocenters. The maximum absolute atomic E-state index is 11.2. The molecule has 0 amide bonds. The van der Waals surface area contributed by atoms with Gasteiger partial charge >= 0.3 is 5.97 Å². The van der Waals surface area contributed by atoms with E-state index in [1.807, 2.05) is 20.8 Å². The number of hydrogen-bond donors (Lipinski definition) is 2. The minimum absolute atomic E-state index is 0.131. The smallest absolute Gasteiger partial charge is 0.353 e. The molecular weight excluding hydrogens is 190 g/mol. The highest BCUT2D eigenvalue weighted by molar-refractivity contribution is 7.92. The molecule has 0 saturated heterocycles. The van der Waals surface area contributed by atoms with Gasteiger partial charge in [-0.15, -0.1) is 0 Å². The summed E-state index contributed by atoms with van der Waals surface area (Å²) in [5, 5.41) is 8.37. The van der Waals surface area contributed by atoms with E-state index in [9.17, 15) is 9.35 Å². The molecule has 0 aliphatic rings. The quantitative estimate of drug-likeness (QED) is 0.644. The first-order chi connectivity index (χ1) is 5.73. The second kappa shape index (κ2) is 4.83. The topological polar surface area (TPSA) is 86.4 Å². The summed E-state index contributed by atoms with van der Waals surface area (Å²) < 4.78 is 11.2. The fourth-order valence-electron chi connectivity index (χ4n) is 0.647. The Hall–Kier alpha value is -0.260. The molecule has 4 nitrogen and oxygen atoms in total. The number of hydrogen-bond acceptors (Lipinski definition) is 3. The van der Waals surface area contributed by atoms with Gasteiger partial charge in [0, 0.05) is 0 Å². The molecule has 2 unspecified atom stereocenters. The average molecular weight is 207 g/mol. The summed E-state index contributed by atoms with van der Waals surface area (Å²) >= 11 is -1.35. The second-order valence-electron chi connectivity index (χ2n) is 4.12. The van der Waals surface area contributed by atoms with E-state index >= 15 is 0 Å². The van der Waals surface area contributed by atoms with Crippen LogP contribution in [0.5, 0.6) is 0 Å². The largest absolute Gasteiger partial charge is 0.616 e. The summed E-state index contributed by atoms with van der Waals surface area (Å²) in [4.78, 5) is 10.2. The normalized spacial score (nSPS) is 16.7. The molecule has 0 radical (unpaired) electrons. The van der Waals surface area contributed by atoms with Crippen molar-refractivity contribution in [1.82, 2.24) is 0 Å². The number of nitrogens with two attached hydrogens (primary N) is 1. The van der Waals surface area contributed by atoms with Crippen LogP contribution in [-0.2, 0) is 16.0 Å². The van der Waals surface area contributed by atoms with Gasteiger partial charge in [-0.1, -0.05) is 20.8 Å². The van der Waals surface area contributed by atoms with Crippen molar-refractivity contribution in [1.29, 1.82) is 0 Å². The summed E-state index contributed by atoms with van der Waals surface area (Å²) in [5.41, 5.74) is 5.61. The minimum atomic E-state index is -1.35. The Kier molecular flexibility index (Phi) is 4.74. The third kappa shape index (κ3) is 5.90. The fourth-order valence-corrected chi connectivity index (χ4v) is 1.94. The second-order valence-corrected chi connectivity index (χ2v) is 5.62. The van der Waals surface area contributed by atoms with Gasteiger partial charge in [0.1, 0.15) is 5.75 Å². The van der Waals surface area contributed by atoms with Crippen LogP contribution in [0.25, 0.3) is 0 Å². The fraction of sp³-hybridized carbons (Fsp3) is 0.875. The predicted molar refractivity (Wildman–Crippen MR) is 52.9 cm³/mol. The Bertz CT molecular complexity index is 179. The average Bonchev–Trinajstić information content (AvgIpc) is 1.82. The van der Waals surface area contributed by atoms with Crippen molar-refractivity contribution in [3.05, 3.63) is 0 Å². The molecule has 0 aromatic carbocycles. The third-order valence-corrected chi connectivity index (χ3v) is 3.06. The Morgan fingerprint density at radius 1 is 1.62 bits per heavy atom. The van der Waals surface area contributed by atoms with E-state index in [4.69, 9.17) is 10.8 Å². The Labute approximate surface area is 81.7 Å². The van der Waals surface area contributed by atoms with Crippen molar-refractivity contribution in [2.24, 2.45) is 11.1 Å². The SMILES string of the molecule is CC(C)(C)C(N)C[S+]([O-])CC(=O)O. The molecule has 0 bridgehead atoms. The standard InChI is InChI=1S/C8H17NO3S/c1-8(2,3)6(9)4-13(12)5-7(10)11/h6H,4-5,9H2,1-3H3,(H,10,11). The van der Waals surface area contributed by atoms with Crippen LogP contribution in [0, 0.1) is 5.41 Å². The first-order valence-corrected chi connectivity index (χ1v) is 5.54. The van der Waals surface area contributed by atoms with E-state index in [1.165, 1.54) is 0 Å².